The zero-order chi connectivity index (χ0) is 25.7. The lowest BCUT2D eigenvalue weighted by atomic mass is 9.97. The SMILES string of the molecule is CCCCCn1nc(C(=O)NNC(=O)[C@@H](C)c2ccc3cc(OC)ccc3c2)c2ccccc2c1=O. The molecule has 0 aliphatic carbocycles. The highest BCUT2D eigenvalue weighted by Gasteiger charge is 2.20. The van der Waals surface area contributed by atoms with Gasteiger partial charge in [0.1, 0.15) is 5.75 Å². The van der Waals surface area contributed by atoms with Gasteiger partial charge in [0.15, 0.2) is 5.69 Å². The average Bonchev–Trinajstić information content (AvgIpc) is 2.91. The van der Waals surface area contributed by atoms with E-state index in [4.69, 9.17) is 4.74 Å². The molecule has 0 fully saturated rings. The minimum Gasteiger partial charge on any atom is -0.497 e. The van der Waals surface area contributed by atoms with Crippen molar-refractivity contribution in [2.45, 2.75) is 45.6 Å². The Hall–Kier alpha value is -4.20. The minimum absolute atomic E-state index is 0.0919. The number of ether oxygens (including phenoxy) is 1. The van der Waals surface area contributed by atoms with E-state index in [2.05, 4.69) is 22.9 Å². The van der Waals surface area contributed by atoms with Crippen LogP contribution in [0.2, 0.25) is 0 Å². The van der Waals surface area contributed by atoms with E-state index >= 15 is 0 Å². The van der Waals surface area contributed by atoms with Crippen molar-refractivity contribution in [3.8, 4) is 5.75 Å². The Balaban J connectivity index is 1.51. The molecular formula is C28H30N4O4. The Morgan fingerprint density at radius 1 is 0.972 bits per heavy atom. The first-order valence-corrected chi connectivity index (χ1v) is 12.1. The molecule has 4 rings (SSSR count). The lowest BCUT2D eigenvalue weighted by Crippen LogP contribution is -2.44. The molecule has 2 amide bonds. The number of carbonyl (C=O) groups excluding carboxylic acids is 2. The van der Waals surface area contributed by atoms with Crippen LogP contribution in [0.25, 0.3) is 21.5 Å². The van der Waals surface area contributed by atoms with Crippen LogP contribution in [0.4, 0.5) is 0 Å². The van der Waals surface area contributed by atoms with Crippen LogP contribution >= 0.6 is 0 Å². The van der Waals surface area contributed by atoms with Gasteiger partial charge in [0.05, 0.1) is 18.4 Å². The molecule has 36 heavy (non-hydrogen) atoms. The van der Waals surface area contributed by atoms with Crippen molar-refractivity contribution in [3.63, 3.8) is 0 Å². The number of rotatable bonds is 8. The summed E-state index contributed by atoms with van der Waals surface area (Å²) in [5.41, 5.74) is 5.66. The van der Waals surface area contributed by atoms with E-state index in [-0.39, 0.29) is 17.2 Å². The van der Waals surface area contributed by atoms with Gasteiger partial charge in [0.2, 0.25) is 5.91 Å². The summed E-state index contributed by atoms with van der Waals surface area (Å²) >= 11 is 0. The summed E-state index contributed by atoms with van der Waals surface area (Å²) in [6.07, 6.45) is 2.75. The molecule has 1 aromatic heterocycles. The quantitative estimate of drug-likeness (QED) is 0.285. The second kappa shape index (κ2) is 11.0. The highest BCUT2D eigenvalue weighted by Crippen LogP contribution is 2.25. The standard InChI is InChI=1S/C28H30N4O4/c1-4-5-8-15-32-28(35)24-10-7-6-9-23(24)25(31-32)27(34)30-29-26(33)18(2)19-11-12-21-17-22(36-3)14-13-20(21)16-19/h6-7,9-14,16-18H,4-5,8,15H2,1-3H3,(H,29,33)(H,30,34)/t18-/m0/s1. The molecular weight excluding hydrogens is 456 g/mol. The van der Waals surface area contributed by atoms with E-state index in [1.807, 2.05) is 36.4 Å². The molecule has 0 bridgehead atoms. The van der Waals surface area contributed by atoms with E-state index in [0.717, 1.165) is 41.3 Å². The number of hydrazine groups is 1. The van der Waals surface area contributed by atoms with Crippen molar-refractivity contribution in [1.82, 2.24) is 20.6 Å². The molecule has 0 unspecified atom stereocenters. The highest BCUT2D eigenvalue weighted by molar-refractivity contribution is 6.05. The molecule has 186 valence electrons. The number of nitrogens with one attached hydrogen (secondary N) is 2. The number of unbranched alkanes of at least 4 members (excludes halogenated alkanes) is 2. The Labute approximate surface area is 209 Å². The number of benzene rings is 3. The average molecular weight is 487 g/mol. The van der Waals surface area contributed by atoms with E-state index < -0.39 is 11.8 Å². The highest BCUT2D eigenvalue weighted by atomic mass is 16.5. The third kappa shape index (κ3) is 5.22. The van der Waals surface area contributed by atoms with Crippen LogP contribution in [-0.4, -0.2) is 28.7 Å². The Bertz CT molecular complexity index is 1480. The molecule has 0 aliphatic heterocycles. The number of hydrogen-bond donors (Lipinski definition) is 2. The first-order chi connectivity index (χ1) is 17.4. The number of fused-ring (bicyclic) bond motifs is 2. The predicted molar refractivity (Wildman–Crippen MR) is 140 cm³/mol. The van der Waals surface area contributed by atoms with Gasteiger partial charge in [-0.2, -0.15) is 5.10 Å². The monoisotopic (exact) mass is 486 g/mol. The predicted octanol–water partition coefficient (Wildman–Crippen LogP) is 4.31. The van der Waals surface area contributed by atoms with E-state index in [0.29, 0.717) is 17.3 Å². The van der Waals surface area contributed by atoms with Gasteiger partial charge in [-0.05, 0) is 47.9 Å². The third-order valence-electron chi connectivity index (χ3n) is 6.32. The number of aryl methyl sites for hydroxylation is 1. The maximum Gasteiger partial charge on any atom is 0.290 e. The van der Waals surface area contributed by atoms with Gasteiger partial charge >= 0.3 is 0 Å². The van der Waals surface area contributed by atoms with Crippen molar-refractivity contribution in [2.75, 3.05) is 7.11 Å². The lowest BCUT2D eigenvalue weighted by Gasteiger charge is -2.15. The van der Waals surface area contributed by atoms with Crippen LogP contribution in [0, 0.1) is 0 Å². The van der Waals surface area contributed by atoms with E-state index in [1.54, 1.807) is 38.3 Å². The molecule has 0 radical (unpaired) electrons. The summed E-state index contributed by atoms with van der Waals surface area (Å²) in [6, 6.07) is 18.4. The minimum atomic E-state index is -0.582. The second-order valence-electron chi connectivity index (χ2n) is 8.77. The molecule has 0 saturated heterocycles. The first-order valence-electron chi connectivity index (χ1n) is 12.1. The van der Waals surface area contributed by atoms with Crippen LogP contribution in [0.5, 0.6) is 5.75 Å². The van der Waals surface area contributed by atoms with Crippen LogP contribution in [0.1, 0.15) is 55.1 Å². The van der Waals surface area contributed by atoms with Gasteiger partial charge in [-0.25, -0.2) is 4.68 Å². The van der Waals surface area contributed by atoms with Crippen molar-refractivity contribution in [3.05, 3.63) is 82.3 Å². The second-order valence-corrected chi connectivity index (χ2v) is 8.77. The first kappa shape index (κ1) is 24.9. The molecule has 4 aromatic rings. The van der Waals surface area contributed by atoms with E-state index in [9.17, 15) is 14.4 Å². The van der Waals surface area contributed by atoms with Crippen molar-refractivity contribution in [2.24, 2.45) is 0 Å². The zero-order valence-electron chi connectivity index (χ0n) is 20.7. The Morgan fingerprint density at radius 2 is 1.69 bits per heavy atom. The maximum absolute atomic E-state index is 13.0. The van der Waals surface area contributed by atoms with Gasteiger partial charge in [-0.15, -0.1) is 0 Å². The largest absolute Gasteiger partial charge is 0.497 e. The number of nitrogens with zero attached hydrogens (tertiary/aromatic N) is 2. The lowest BCUT2D eigenvalue weighted by molar-refractivity contribution is -0.123. The number of aromatic nitrogens is 2. The normalized spacial score (nSPS) is 11.9. The molecule has 0 saturated carbocycles. The summed E-state index contributed by atoms with van der Waals surface area (Å²) in [4.78, 5) is 38.7. The zero-order valence-corrected chi connectivity index (χ0v) is 20.7. The maximum atomic E-state index is 13.0. The molecule has 1 atom stereocenters. The van der Waals surface area contributed by atoms with E-state index in [1.165, 1.54) is 4.68 Å². The summed E-state index contributed by atoms with van der Waals surface area (Å²) in [6.45, 7) is 4.27. The summed E-state index contributed by atoms with van der Waals surface area (Å²) < 4.78 is 6.60. The van der Waals surface area contributed by atoms with Crippen LogP contribution in [-0.2, 0) is 11.3 Å². The van der Waals surface area contributed by atoms with Crippen LogP contribution < -0.4 is 21.1 Å². The fourth-order valence-electron chi connectivity index (χ4n) is 4.14. The molecule has 0 spiro atoms. The molecule has 8 nitrogen and oxygen atoms in total. The number of amides is 2. The van der Waals surface area contributed by atoms with Crippen molar-refractivity contribution < 1.29 is 14.3 Å². The molecule has 1 heterocycles. The van der Waals surface area contributed by atoms with Crippen LogP contribution in [0.3, 0.4) is 0 Å². The Kier molecular flexibility index (Phi) is 7.63. The van der Waals surface area contributed by atoms with Gasteiger partial charge < -0.3 is 4.74 Å². The Morgan fingerprint density at radius 3 is 2.44 bits per heavy atom. The smallest absolute Gasteiger partial charge is 0.290 e. The van der Waals surface area contributed by atoms with Crippen molar-refractivity contribution in [1.29, 1.82) is 0 Å². The van der Waals surface area contributed by atoms with Gasteiger partial charge in [-0.3, -0.25) is 25.2 Å². The number of methoxy groups -OCH3 is 1. The fourth-order valence-corrected chi connectivity index (χ4v) is 4.14. The van der Waals surface area contributed by atoms with Gasteiger partial charge in [0, 0.05) is 11.9 Å². The number of hydrogen-bond acceptors (Lipinski definition) is 5. The van der Waals surface area contributed by atoms with Gasteiger partial charge in [0.25, 0.3) is 11.5 Å². The topological polar surface area (TPSA) is 102 Å². The summed E-state index contributed by atoms with van der Waals surface area (Å²) in [5.74, 6) is -0.690. The third-order valence-corrected chi connectivity index (χ3v) is 6.32. The summed E-state index contributed by atoms with van der Waals surface area (Å²) in [7, 11) is 1.62. The van der Waals surface area contributed by atoms with Gasteiger partial charge in [-0.1, -0.05) is 62.2 Å². The molecule has 8 heteroatoms. The molecule has 3 aromatic carbocycles. The number of carbonyl (C=O) groups is 2. The van der Waals surface area contributed by atoms with Crippen molar-refractivity contribution >= 4 is 33.4 Å². The fraction of sp³-hybridized carbons (Fsp3) is 0.286. The summed E-state index contributed by atoms with van der Waals surface area (Å²) in [5, 5.41) is 7.18. The van der Waals surface area contributed by atoms with Crippen LogP contribution in [0.15, 0.2) is 65.5 Å². The molecule has 0 aliphatic rings. The molecule has 2 N–H and O–H groups in total.